The van der Waals surface area contributed by atoms with Crippen LogP contribution >= 0.6 is 11.3 Å². The van der Waals surface area contributed by atoms with Crippen molar-refractivity contribution in [3.63, 3.8) is 0 Å². The Morgan fingerprint density at radius 2 is 1.71 bits per heavy atom. The summed E-state index contributed by atoms with van der Waals surface area (Å²) in [6.45, 7) is 0. The van der Waals surface area contributed by atoms with Gasteiger partial charge in [-0.05, 0) is 35.9 Å². The Morgan fingerprint density at radius 3 is 2.42 bits per heavy atom. The second-order valence-corrected chi connectivity index (χ2v) is 7.63. The van der Waals surface area contributed by atoms with Gasteiger partial charge in [-0.25, -0.2) is 4.98 Å². The molecule has 156 valence electrons. The van der Waals surface area contributed by atoms with E-state index in [4.69, 9.17) is 0 Å². The third-order valence-electron chi connectivity index (χ3n) is 4.52. The highest BCUT2D eigenvalue weighted by atomic mass is 32.1. The van der Waals surface area contributed by atoms with Crippen molar-refractivity contribution < 1.29 is 18.0 Å². The fourth-order valence-electron chi connectivity index (χ4n) is 2.99. The van der Waals surface area contributed by atoms with Crippen LogP contribution in [0.2, 0.25) is 0 Å². The molecule has 4 nitrogen and oxygen atoms in total. The molecule has 0 fully saturated rings. The SMILES string of the molecule is O=C(Cc1ccc(-c2csc(-c3ccncc3)n2)cc1)Nc1cccc(C(F)(F)F)c1. The molecule has 2 aromatic carbocycles. The lowest BCUT2D eigenvalue weighted by Gasteiger charge is -2.10. The second kappa shape index (κ2) is 8.69. The number of hydrogen-bond acceptors (Lipinski definition) is 4. The lowest BCUT2D eigenvalue weighted by molar-refractivity contribution is -0.137. The molecule has 8 heteroatoms. The Hall–Kier alpha value is -3.52. The summed E-state index contributed by atoms with van der Waals surface area (Å²) in [5, 5.41) is 5.37. The van der Waals surface area contributed by atoms with Crippen molar-refractivity contribution in [1.29, 1.82) is 0 Å². The minimum absolute atomic E-state index is 0.0514. The number of amides is 1. The van der Waals surface area contributed by atoms with Gasteiger partial charge in [0, 0.05) is 34.6 Å². The molecular weight excluding hydrogens is 423 g/mol. The van der Waals surface area contributed by atoms with E-state index in [-0.39, 0.29) is 18.0 Å². The van der Waals surface area contributed by atoms with Crippen molar-refractivity contribution in [1.82, 2.24) is 9.97 Å². The molecule has 4 rings (SSSR count). The third kappa shape index (κ3) is 5.16. The van der Waals surface area contributed by atoms with Gasteiger partial charge in [0.25, 0.3) is 0 Å². The van der Waals surface area contributed by atoms with Gasteiger partial charge in [-0.1, -0.05) is 30.3 Å². The molecule has 0 aliphatic heterocycles. The fraction of sp³-hybridized carbons (Fsp3) is 0.0870. The second-order valence-electron chi connectivity index (χ2n) is 6.77. The van der Waals surface area contributed by atoms with Crippen LogP contribution in [-0.4, -0.2) is 15.9 Å². The van der Waals surface area contributed by atoms with E-state index in [0.717, 1.165) is 39.5 Å². The van der Waals surface area contributed by atoms with E-state index in [2.05, 4.69) is 15.3 Å². The summed E-state index contributed by atoms with van der Waals surface area (Å²) in [7, 11) is 0. The summed E-state index contributed by atoms with van der Waals surface area (Å²) >= 11 is 1.53. The first-order valence-corrected chi connectivity index (χ1v) is 10.2. The maximum atomic E-state index is 12.8. The van der Waals surface area contributed by atoms with Crippen molar-refractivity contribution in [2.24, 2.45) is 0 Å². The number of halogens is 3. The number of thiazole rings is 1. The van der Waals surface area contributed by atoms with Gasteiger partial charge in [-0.3, -0.25) is 9.78 Å². The minimum Gasteiger partial charge on any atom is -0.326 e. The molecule has 4 aromatic rings. The summed E-state index contributed by atoms with van der Waals surface area (Å²) < 4.78 is 38.4. The maximum Gasteiger partial charge on any atom is 0.416 e. The minimum atomic E-state index is -4.45. The van der Waals surface area contributed by atoms with E-state index < -0.39 is 11.7 Å². The standard InChI is InChI=1S/C23H16F3N3OS/c24-23(25,26)18-2-1-3-19(13-18)28-21(30)12-15-4-6-16(7-5-15)20-14-31-22(29-20)17-8-10-27-11-9-17/h1-11,13-14H,12H2,(H,28,30). The number of carbonyl (C=O) groups excluding carboxylic acids is 1. The van der Waals surface area contributed by atoms with Crippen LogP contribution in [0.25, 0.3) is 21.8 Å². The number of carbonyl (C=O) groups is 1. The first kappa shape index (κ1) is 20.7. The highest BCUT2D eigenvalue weighted by molar-refractivity contribution is 7.13. The quantitative estimate of drug-likeness (QED) is 0.411. The molecule has 2 heterocycles. The molecule has 0 saturated heterocycles. The van der Waals surface area contributed by atoms with Gasteiger partial charge in [-0.2, -0.15) is 13.2 Å². The van der Waals surface area contributed by atoms with E-state index in [0.29, 0.717) is 0 Å². The Morgan fingerprint density at radius 1 is 0.968 bits per heavy atom. The number of benzene rings is 2. The summed E-state index contributed by atoms with van der Waals surface area (Å²) in [5.74, 6) is -0.388. The van der Waals surface area contributed by atoms with Crippen molar-refractivity contribution >= 4 is 22.9 Å². The Kier molecular flexibility index (Phi) is 5.81. The van der Waals surface area contributed by atoms with Crippen LogP contribution in [0.1, 0.15) is 11.1 Å². The van der Waals surface area contributed by atoms with Crippen LogP contribution in [0.15, 0.2) is 78.4 Å². The van der Waals surface area contributed by atoms with E-state index in [9.17, 15) is 18.0 Å². The number of nitrogens with one attached hydrogen (secondary N) is 1. The van der Waals surface area contributed by atoms with Crippen LogP contribution < -0.4 is 5.32 Å². The summed E-state index contributed by atoms with van der Waals surface area (Å²) in [5.41, 5.74) is 2.80. The third-order valence-corrected chi connectivity index (χ3v) is 5.41. The molecule has 0 radical (unpaired) electrons. The van der Waals surface area contributed by atoms with Crippen molar-refractivity contribution in [3.8, 4) is 21.8 Å². The molecule has 0 spiro atoms. The lowest BCUT2D eigenvalue weighted by Crippen LogP contribution is -2.15. The Labute approximate surface area is 180 Å². The van der Waals surface area contributed by atoms with E-state index in [1.165, 1.54) is 23.5 Å². The zero-order valence-electron chi connectivity index (χ0n) is 16.1. The van der Waals surface area contributed by atoms with Crippen LogP contribution in [-0.2, 0) is 17.4 Å². The van der Waals surface area contributed by atoms with Gasteiger partial charge in [0.2, 0.25) is 5.91 Å². The lowest BCUT2D eigenvalue weighted by atomic mass is 10.1. The molecule has 0 unspecified atom stereocenters. The average Bonchev–Trinajstić information content (AvgIpc) is 3.25. The first-order chi connectivity index (χ1) is 14.9. The molecule has 0 saturated carbocycles. The topological polar surface area (TPSA) is 54.9 Å². The Bertz CT molecular complexity index is 1190. The van der Waals surface area contributed by atoms with Gasteiger partial charge in [-0.15, -0.1) is 11.3 Å². The number of anilines is 1. The van der Waals surface area contributed by atoms with Crippen molar-refractivity contribution in [2.75, 3.05) is 5.32 Å². The molecule has 31 heavy (non-hydrogen) atoms. The van der Waals surface area contributed by atoms with E-state index in [1.54, 1.807) is 12.4 Å². The number of hydrogen-bond donors (Lipinski definition) is 1. The number of nitrogens with zero attached hydrogens (tertiary/aromatic N) is 2. The van der Waals surface area contributed by atoms with Gasteiger partial charge in [0.15, 0.2) is 0 Å². The zero-order chi connectivity index (χ0) is 21.8. The highest BCUT2D eigenvalue weighted by Crippen LogP contribution is 2.31. The number of aromatic nitrogens is 2. The summed E-state index contributed by atoms with van der Waals surface area (Å²) in [6, 6.07) is 15.7. The molecular formula is C23H16F3N3OS. The monoisotopic (exact) mass is 439 g/mol. The highest BCUT2D eigenvalue weighted by Gasteiger charge is 2.30. The maximum absolute atomic E-state index is 12.8. The molecule has 0 aliphatic carbocycles. The Balaban J connectivity index is 1.41. The summed E-state index contributed by atoms with van der Waals surface area (Å²) in [4.78, 5) is 20.9. The van der Waals surface area contributed by atoms with Crippen LogP contribution in [0.3, 0.4) is 0 Å². The van der Waals surface area contributed by atoms with E-state index in [1.807, 2.05) is 41.8 Å². The predicted octanol–water partition coefficient (Wildman–Crippen LogP) is 6.07. The number of alkyl halides is 3. The predicted molar refractivity (Wildman–Crippen MR) is 115 cm³/mol. The number of pyridine rings is 1. The first-order valence-electron chi connectivity index (χ1n) is 9.31. The largest absolute Gasteiger partial charge is 0.416 e. The van der Waals surface area contributed by atoms with Gasteiger partial charge in [0.1, 0.15) is 5.01 Å². The van der Waals surface area contributed by atoms with Crippen LogP contribution in [0, 0.1) is 0 Å². The molecule has 0 atom stereocenters. The summed E-state index contributed by atoms with van der Waals surface area (Å²) in [6.07, 6.45) is -0.968. The van der Waals surface area contributed by atoms with Crippen LogP contribution in [0.4, 0.5) is 18.9 Å². The van der Waals surface area contributed by atoms with E-state index >= 15 is 0 Å². The molecule has 1 amide bonds. The molecule has 0 aliphatic rings. The number of rotatable bonds is 5. The molecule has 2 aromatic heterocycles. The average molecular weight is 439 g/mol. The van der Waals surface area contributed by atoms with Crippen LogP contribution in [0.5, 0.6) is 0 Å². The van der Waals surface area contributed by atoms with Gasteiger partial charge < -0.3 is 5.32 Å². The fourth-order valence-corrected chi connectivity index (χ4v) is 3.83. The molecule has 0 bridgehead atoms. The normalized spacial score (nSPS) is 11.3. The van der Waals surface area contributed by atoms with Crippen molar-refractivity contribution in [2.45, 2.75) is 12.6 Å². The smallest absolute Gasteiger partial charge is 0.326 e. The van der Waals surface area contributed by atoms with Gasteiger partial charge >= 0.3 is 6.18 Å². The zero-order valence-corrected chi connectivity index (χ0v) is 16.9. The van der Waals surface area contributed by atoms with Crippen molar-refractivity contribution in [3.05, 3.63) is 89.6 Å². The van der Waals surface area contributed by atoms with Gasteiger partial charge in [0.05, 0.1) is 17.7 Å². The molecule has 1 N–H and O–H groups in total.